The van der Waals surface area contributed by atoms with Crippen LogP contribution in [0.5, 0.6) is 0 Å². The average Bonchev–Trinajstić information content (AvgIpc) is 3.23. The van der Waals surface area contributed by atoms with Crippen LogP contribution >= 0.6 is 0 Å². The Balaban J connectivity index is 1.24. The minimum absolute atomic E-state index is 0.106. The Morgan fingerprint density at radius 2 is 1.83 bits per heavy atom. The summed E-state index contributed by atoms with van der Waals surface area (Å²) in [5.41, 5.74) is 1.95. The van der Waals surface area contributed by atoms with E-state index in [1.165, 1.54) is 22.6 Å². The average molecular weight is 396 g/mol. The van der Waals surface area contributed by atoms with Crippen molar-refractivity contribution in [2.45, 2.75) is 19.4 Å². The minimum Gasteiger partial charge on any atom is -0.339 e. The fourth-order valence-electron chi connectivity index (χ4n) is 3.48. The van der Waals surface area contributed by atoms with Gasteiger partial charge in [0.2, 0.25) is 17.6 Å². The lowest BCUT2D eigenvalue weighted by Crippen LogP contribution is -3.13. The first-order valence-electron chi connectivity index (χ1n) is 9.76. The summed E-state index contributed by atoms with van der Waals surface area (Å²) in [5.74, 6) is 0.612. The number of nitrogens with one attached hydrogen (secondary N) is 1. The minimum atomic E-state index is -0.314. The van der Waals surface area contributed by atoms with Crippen molar-refractivity contribution in [3.8, 4) is 11.4 Å². The monoisotopic (exact) mass is 396 g/mol. The molecule has 0 aliphatic carbocycles. The Morgan fingerprint density at radius 1 is 1.10 bits per heavy atom. The summed E-state index contributed by atoms with van der Waals surface area (Å²) < 4.78 is 18.3. The number of nitrogens with zero attached hydrogens (tertiary/aromatic N) is 4. The third kappa shape index (κ3) is 5.03. The first kappa shape index (κ1) is 19.2. The van der Waals surface area contributed by atoms with Crippen LogP contribution in [0.2, 0.25) is 0 Å². The van der Waals surface area contributed by atoms with Gasteiger partial charge in [-0.1, -0.05) is 5.16 Å². The van der Waals surface area contributed by atoms with Gasteiger partial charge < -0.3 is 14.3 Å². The van der Waals surface area contributed by atoms with E-state index in [0.29, 0.717) is 30.1 Å². The summed E-state index contributed by atoms with van der Waals surface area (Å²) in [5, 5.41) is 3.92. The predicted octanol–water partition coefficient (Wildman–Crippen LogP) is 1.13. The Bertz CT molecular complexity index is 937. The van der Waals surface area contributed by atoms with Gasteiger partial charge in [-0.3, -0.25) is 9.78 Å². The smallest absolute Gasteiger partial charge is 0.227 e. The standard InChI is InChI=1S/C21H22FN5O2/c22-18-3-1-17(2-4-18)21-24-19(29-25-21)5-6-20(28)27-13-11-26(12-14-27)15-16-7-9-23-10-8-16/h1-4,7-10H,5-6,11-15H2/p+1. The van der Waals surface area contributed by atoms with Gasteiger partial charge in [0, 0.05) is 36.4 Å². The van der Waals surface area contributed by atoms with E-state index in [9.17, 15) is 9.18 Å². The molecule has 0 saturated carbocycles. The number of pyridine rings is 1. The molecule has 3 heterocycles. The van der Waals surface area contributed by atoms with E-state index >= 15 is 0 Å². The summed E-state index contributed by atoms with van der Waals surface area (Å²) in [6.45, 7) is 4.33. The molecule has 1 aromatic carbocycles. The van der Waals surface area contributed by atoms with Crippen molar-refractivity contribution < 1.29 is 18.6 Å². The van der Waals surface area contributed by atoms with E-state index in [1.807, 2.05) is 29.4 Å². The molecular formula is C21H23FN5O2+. The zero-order valence-electron chi connectivity index (χ0n) is 16.1. The number of aryl methyl sites for hydroxylation is 1. The van der Waals surface area contributed by atoms with Crippen LogP contribution < -0.4 is 4.90 Å². The van der Waals surface area contributed by atoms with Crippen molar-refractivity contribution in [2.75, 3.05) is 26.2 Å². The van der Waals surface area contributed by atoms with E-state index in [4.69, 9.17) is 4.52 Å². The van der Waals surface area contributed by atoms with Crippen molar-refractivity contribution in [1.82, 2.24) is 20.0 Å². The lowest BCUT2D eigenvalue weighted by molar-refractivity contribution is -0.917. The topological polar surface area (TPSA) is 76.6 Å². The number of benzene rings is 1. The predicted molar refractivity (Wildman–Crippen MR) is 103 cm³/mol. The van der Waals surface area contributed by atoms with E-state index in [2.05, 4.69) is 15.1 Å². The molecule has 8 heteroatoms. The van der Waals surface area contributed by atoms with E-state index in [1.54, 1.807) is 12.1 Å². The van der Waals surface area contributed by atoms with Gasteiger partial charge in [0.15, 0.2) is 0 Å². The second kappa shape index (κ2) is 8.91. The number of carbonyl (C=O) groups is 1. The van der Waals surface area contributed by atoms with E-state index in [0.717, 1.165) is 32.7 Å². The lowest BCUT2D eigenvalue weighted by atomic mass is 10.2. The molecule has 4 rings (SSSR count). The Kier molecular flexibility index (Phi) is 5.90. The van der Waals surface area contributed by atoms with Crippen LogP contribution in [0.4, 0.5) is 4.39 Å². The maximum Gasteiger partial charge on any atom is 0.227 e. The first-order valence-corrected chi connectivity index (χ1v) is 9.76. The summed E-state index contributed by atoms with van der Waals surface area (Å²) in [7, 11) is 0. The molecule has 1 saturated heterocycles. The highest BCUT2D eigenvalue weighted by Crippen LogP contribution is 2.16. The summed E-state index contributed by atoms with van der Waals surface area (Å²) >= 11 is 0. The number of hydrogen-bond acceptors (Lipinski definition) is 5. The molecule has 1 aliphatic rings. The number of amides is 1. The van der Waals surface area contributed by atoms with Crippen molar-refractivity contribution in [3.05, 3.63) is 66.1 Å². The maximum absolute atomic E-state index is 13.0. The van der Waals surface area contributed by atoms with Gasteiger partial charge in [0.05, 0.1) is 26.2 Å². The third-order valence-corrected chi connectivity index (χ3v) is 5.15. The van der Waals surface area contributed by atoms with Crippen LogP contribution in [0.3, 0.4) is 0 Å². The van der Waals surface area contributed by atoms with Crippen molar-refractivity contribution >= 4 is 5.91 Å². The van der Waals surface area contributed by atoms with Gasteiger partial charge in [-0.15, -0.1) is 0 Å². The highest BCUT2D eigenvalue weighted by atomic mass is 19.1. The zero-order valence-corrected chi connectivity index (χ0v) is 16.1. The SMILES string of the molecule is O=C(CCc1nc(-c2ccc(F)cc2)no1)N1CC[NH+](Cc2ccncc2)CC1. The molecule has 0 spiro atoms. The summed E-state index contributed by atoms with van der Waals surface area (Å²) in [6, 6.07) is 9.98. The van der Waals surface area contributed by atoms with Gasteiger partial charge in [0.25, 0.3) is 0 Å². The van der Waals surface area contributed by atoms with Crippen LogP contribution in [0.1, 0.15) is 17.9 Å². The summed E-state index contributed by atoms with van der Waals surface area (Å²) in [6.07, 6.45) is 4.36. The molecule has 1 fully saturated rings. The zero-order chi connectivity index (χ0) is 20.1. The highest BCUT2D eigenvalue weighted by molar-refractivity contribution is 5.76. The lowest BCUT2D eigenvalue weighted by Gasteiger charge is -2.32. The van der Waals surface area contributed by atoms with Crippen molar-refractivity contribution in [2.24, 2.45) is 0 Å². The van der Waals surface area contributed by atoms with Crippen LogP contribution in [0, 0.1) is 5.82 Å². The quantitative estimate of drug-likeness (QED) is 0.676. The van der Waals surface area contributed by atoms with Crippen molar-refractivity contribution in [1.29, 1.82) is 0 Å². The second-order valence-electron chi connectivity index (χ2n) is 7.18. The van der Waals surface area contributed by atoms with Gasteiger partial charge in [0.1, 0.15) is 12.4 Å². The molecule has 0 bridgehead atoms. The largest absolute Gasteiger partial charge is 0.339 e. The van der Waals surface area contributed by atoms with Crippen LogP contribution in [0.25, 0.3) is 11.4 Å². The van der Waals surface area contributed by atoms with Gasteiger partial charge >= 0.3 is 0 Å². The number of aromatic nitrogens is 3. The van der Waals surface area contributed by atoms with E-state index < -0.39 is 0 Å². The number of halogens is 1. The molecule has 29 heavy (non-hydrogen) atoms. The molecule has 2 aromatic heterocycles. The van der Waals surface area contributed by atoms with Crippen LogP contribution in [-0.4, -0.2) is 52.1 Å². The number of quaternary nitrogens is 1. The Morgan fingerprint density at radius 3 is 2.55 bits per heavy atom. The Hall–Kier alpha value is -3.13. The molecule has 3 aromatic rings. The van der Waals surface area contributed by atoms with Crippen LogP contribution in [-0.2, 0) is 17.8 Å². The van der Waals surface area contributed by atoms with Gasteiger partial charge in [-0.25, -0.2) is 4.39 Å². The number of hydrogen-bond donors (Lipinski definition) is 1. The summed E-state index contributed by atoms with van der Waals surface area (Å²) in [4.78, 5) is 24.3. The van der Waals surface area contributed by atoms with Crippen molar-refractivity contribution in [3.63, 3.8) is 0 Å². The molecule has 7 nitrogen and oxygen atoms in total. The Labute approximate surface area is 168 Å². The molecule has 1 N–H and O–H groups in total. The normalized spacial score (nSPS) is 14.9. The third-order valence-electron chi connectivity index (χ3n) is 5.15. The fourth-order valence-corrected chi connectivity index (χ4v) is 3.48. The van der Waals surface area contributed by atoms with Crippen LogP contribution in [0.15, 0.2) is 53.3 Å². The molecule has 1 amide bonds. The number of carbonyl (C=O) groups excluding carboxylic acids is 1. The molecule has 0 radical (unpaired) electrons. The molecule has 150 valence electrons. The maximum atomic E-state index is 13.0. The molecule has 1 aliphatic heterocycles. The van der Waals surface area contributed by atoms with Gasteiger partial charge in [-0.2, -0.15) is 4.98 Å². The number of piperazine rings is 1. The number of rotatable bonds is 6. The molecule has 0 atom stereocenters. The molecular weight excluding hydrogens is 373 g/mol. The first-order chi connectivity index (χ1) is 14.2. The highest BCUT2D eigenvalue weighted by Gasteiger charge is 2.24. The van der Waals surface area contributed by atoms with Gasteiger partial charge in [-0.05, 0) is 36.4 Å². The van der Waals surface area contributed by atoms with E-state index in [-0.39, 0.29) is 11.7 Å². The fraction of sp³-hybridized carbons (Fsp3) is 0.333. The second-order valence-corrected chi connectivity index (χ2v) is 7.18. The molecule has 0 unspecified atom stereocenters.